The molecule has 0 aliphatic carbocycles. The third-order valence-corrected chi connectivity index (χ3v) is 3.47. The summed E-state index contributed by atoms with van der Waals surface area (Å²) in [4.78, 5) is 0. The Kier molecular flexibility index (Phi) is 3.57. The first kappa shape index (κ1) is 12.9. The van der Waals surface area contributed by atoms with Gasteiger partial charge in [-0.3, -0.25) is 0 Å². The van der Waals surface area contributed by atoms with Crippen molar-refractivity contribution < 1.29 is 4.39 Å². The number of para-hydroxylation sites is 1. The summed E-state index contributed by atoms with van der Waals surface area (Å²) < 4.78 is 14.0. The third kappa shape index (κ3) is 2.48. The molecule has 0 saturated carbocycles. The van der Waals surface area contributed by atoms with Crippen LogP contribution in [0.1, 0.15) is 11.1 Å². The molecule has 2 aromatic rings. The molecular weight excluding hydrogens is 295 g/mol. The highest BCUT2D eigenvalue weighted by Crippen LogP contribution is 2.30. The van der Waals surface area contributed by atoms with Gasteiger partial charge in [-0.1, -0.05) is 12.1 Å². The minimum Gasteiger partial charge on any atom is -0.397 e. The lowest BCUT2D eigenvalue weighted by Gasteiger charge is -2.13. The van der Waals surface area contributed by atoms with Gasteiger partial charge in [-0.15, -0.1) is 0 Å². The molecule has 0 unspecified atom stereocenters. The molecule has 2 rings (SSSR count). The molecule has 2 nitrogen and oxygen atoms in total. The Morgan fingerprint density at radius 1 is 1.11 bits per heavy atom. The fraction of sp³-hybridized carbons (Fsp3) is 0.143. The zero-order valence-corrected chi connectivity index (χ0v) is 11.8. The van der Waals surface area contributed by atoms with Crippen LogP contribution in [0.4, 0.5) is 21.5 Å². The van der Waals surface area contributed by atoms with E-state index in [9.17, 15) is 4.39 Å². The number of nitrogens with one attached hydrogen (secondary N) is 1. The predicted molar refractivity (Wildman–Crippen MR) is 77.7 cm³/mol. The van der Waals surface area contributed by atoms with Gasteiger partial charge >= 0.3 is 0 Å². The van der Waals surface area contributed by atoms with E-state index < -0.39 is 0 Å². The Bertz CT molecular complexity index is 597. The second-order valence-electron chi connectivity index (χ2n) is 4.24. The topological polar surface area (TPSA) is 38.0 Å². The molecule has 94 valence electrons. The summed E-state index contributed by atoms with van der Waals surface area (Å²) in [5, 5.41) is 3.16. The highest BCUT2D eigenvalue weighted by atomic mass is 79.9. The van der Waals surface area contributed by atoms with E-state index in [4.69, 9.17) is 5.73 Å². The quantitative estimate of drug-likeness (QED) is 0.800. The van der Waals surface area contributed by atoms with Crippen LogP contribution in [0.5, 0.6) is 0 Å². The number of benzene rings is 2. The van der Waals surface area contributed by atoms with Gasteiger partial charge in [0.25, 0.3) is 0 Å². The molecule has 0 aliphatic heterocycles. The van der Waals surface area contributed by atoms with Gasteiger partial charge in [0.2, 0.25) is 0 Å². The van der Waals surface area contributed by atoms with Gasteiger partial charge in [0.15, 0.2) is 0 Å². The van der Waals surface area contributed by atoms with Crippen LogP contribution in [0.3, 0.4) is 0 Å². The number of halogens is 2. The second-order valence-corrected chi connectivity index (χ2v) is 5.10. The van der Waals surface area contributed by atoms with Crippen molar-refractivity contribution in [1.82, 2.24) is 0 Å². The largest absolute Gasteiger partial charge is 0.397 e. The van der Waals surface area contributed by atoms with Gasteiger partial charge in [-0.05, 0) is 59.1 Å². The monoisotopic (exact) mass is 308 g/mol. The molecule has 3 N–H and O–H groups in total. The molecule has 0 aliphatic rings. The Balaban J connectivity index is 2.40. The lowest BCUT2D eigenvalue weighted by atomic mass is 10.1. The summed E-state index contributed by atoms with van der Waals surface area (Å²) in [7, 11) is 0. The fourth-order valence-corrected chi connectivity index (χ4v) is 2.17. The highest BCUT2D eigenvalue weighted by Gasteiger charge is 2.07. The van der Waals surface area contributed by atoms with E-state index in [0.717, 1.165) is 16.8 Å². The van der Waals surface area contributed by atoms with E-state index >= 15 is 0 Å². The van der Waals surface area contributed by atoms with Crippen molar-refractivity contribution >= 4 is 33.0 Å². The lowest BCUT2D eigenvalue weighted by molar-refractivity contribution is 0.621. The number of hydrogen-bond acceptors (Lipinski definition) is 2. The third-order valence-electron chi connectivity index (χ3n) is 2.86. The average Bonchev–Trinajstić information content (AvgIpc) is 2.32. The van der Waals surface area contributed by atoms with Crippen molar-refractivity contribution in [2.24, 2.45) is 0 Å². The van der Waals surface area contributed by atoms with E-state index in [0.29, 0.717) is 15.8 Å². The SMILES string of the molecule is Cc1cc(Br)c(F)cc1Nc1cccc(C)c1N. The molecule has 0 amide bonds. The highest BCUT2D eigenvalue weighted by molar-refractivity contribution is 9.10. The fourth-order valence-electron chi connectivity index (χ4n) is 1.72. The average molecular weight is 309 g/mol. The molecule has 0 aromatic heterocycles. The Morgan fingerprint density at radius 3 is 2.56 bits per heavy atom. The lowest BCUT2D eigenvalue weighted by Crippen LogP contribution is -2.00. The molecule has 0 heterocycles. The van der Waals surface area contributed by atoms with Gasteiger partial charge in [-0.25, -0.2) is 4.39 Å². The van der Waals surface area contributed by atoms with Gasteiger partial charge < -0.3 is 11.1 Å². The molecule has 0 saturated heterocycles. The molecule has 0 atom stereocenters. The van der Waals surface area contributed by atoms with Crippen molar-refractivity contribution in [2.75, 3.05) is 11.1 Å². The van der Waals surface area contributed by atoms with E-state index in [1.54, 1.807) is 6.07 Å². The van der Waals surface area contributed by atoms with Crippen LogP contribution in [-0.4, -0.2) is 0 Å². The van der Waals surface area contributed by atoms with Crippen LogP contribution in [0, 0.1) is 19.7 Å². The van der Waals surface area contributed by atoms with E-state index in [1.807, 2.05) is 32.0 Å². The molecule has 0 radical (unpaired) electrons. The van der Waals surface area contributed by atoms with Gasteiger partial charge in [0.05, 0.1) is 15.8 Å². The second kappa shape index (κ2) is 4.98. The zero-order chi connectivity index (χ0) is 13.3. The predicted octanol–water partition coefficient (Wildman–Crippen LogP) is 4.53. The first-order valence-corrected chi connectivity index (χ1v) is 6.36. The van der Waals surface area contributed by atoms with Crippen LogP contribution in [-0.2, 0) is 0 Å². The standard InChI is InChI=1S/C14H14BrFN2/c1-8-4-3-5-12(14(8)17)18-13-7-11(16)10(15)6-9(13)2/h3-7,18H,17H2,1-2H3. The number of hydrogen-bond donors (Lipinski definition) is 2. The Labute approximate surface area is 114 Å². The summed E-state index contributed by atoms with van der Waals surface area (Å²) in [6.07, 6.45) is 0. The van der Waals surface area contributed by atoms with Crippen LogP contribution in [0.25, 0.3) is 0 Å². The maximum atomic E-state index is 13.5. The van der Waals surface area contributed by atoms with Crippen molar-refractivity contribution in [3.63, 3.8) is 0 Å². The molecule has 0 spiro atoms. The first-order valence-electron chi connectivity index (χ1n) is 5.57. The number of nitrogen functional groups attached to an aromatic ring is 1. The summed E-state index contributed by atoms with van der Waals surface area (Å²) in [6.45, 7) is 3.86. The Morgan fingerprint density at radius 2 is 1.83 bits per heavy atom. The van der Waals surface area contributed by atoms with Gasteiger partial charge in [-0.2, -0.15) is 0 Å². The van der Waals surface area contributed by atoms with Gasteiger partial charge in [0.1, 0.15) is 5.82 Å². The molecular formula is C14H14BrFN2. The zero-order valence-electron chi connectivity index (χ0n) is 10.2. The maximum absolute atomic E-state index is 13.5. The molecule has 0 fully saturated rings. The number of anilines is 3. The molecule has 2 aromatic carbocycles. The summed E-state index contributed by atoms with van der Waals surface area (Å²) in [5.74, 6) is -0.297. The Hall–Kier alpha value is -1.55. The maximum Gasteiger partial charge on any atom is 0.139 e. The minimum atomic E-state index is -0.297. The van der Waals surface area contributed by atoms with Crippen LogP contribution in [0.2, 0.25) is 0 Å². The molecule has 0 bridgehead atoms. The van der Waals surface area contributed by atoms with Crippen LogP contribution >= 0.6 is 15.9 Å². The number of aryl methyl sites for hydroxylation is 2. The summed E-state index contributed by atoms with van der Waals surface area (Å²) in [6, 6.07) is 8.93. The van der Waals surface area contributed by atoms with Crippen LogP contribution < -0.4 is 11.1 Å². The van der Waals surface area contributed by atoms with E-state index in [2.05, 4.69) is 21.2 Å². The smallest absolute Gasteiger partial charge is 0.139 e. The molecule has 18 heavy (non-hydrogen) atoms. The van der Waals surface area contributed by atoms with E-state index in [1.165, 1.54) is 6.07 Å². The van der Waals surface area contributed by atoms with Gasteiger partial charge in [0, 0.05) is 5.69 Å². The number of nitrogens with two attached hydrogens (primary N) is 1. The summed E-state index contributed by atoms with van der Waals surface area (Å²) >= 11 is 3.16. The minimum absolute atomic E-state index is 0.297. The first-order chi connectivity index (χ1) is 8.49. The van der Waals surface area contributed by atoms with E-state index in [-0.39, 0.29) is 5.82 Å². The van der Waals surface area contributed by atoms with Crippen molar-refractivity contribution in [2.45, 2.75) is 13.8 Å². The van der Waals surface area contributed by atoms with Crippen molar-refractivity contribution in [3.8, 4) is 0 Å². The molecule has 4 heteroatoms. The van der Waals surface area contributed by atoms with Crippen molar-refractivity contribution in [1.29, 1.82) is 0 Å². The summed E-state index contributed by atoms with van der Waals surface area (Å²) in [5.41, 5.74) is 10.1. The van der Waals surface area contributed by atoms with Crippen molar-refractivity contribution in [3.05, 3.63) is 51.7 Å². The normalized spacial score (nSPS) is 10.4. The van der Waals surface area contributed by atoms with Crippen LogP contribution in [0.15, 0.2) is 34.8 Å². The number of rotatable bonds is 2.